The number of nitrogens with two attached hydrogens (primary N) is 2. The number of anilines is 1. The highest BCUT2D eigenvalue weighted by Gasteiger charge is 2.25. The summed E-state index contributed by atoms with van der Waals surface area (Å²) in [5.41, 5.74) is 13.1. The fraction of sp³-hybridized carbons (Fsp3) is 0.250. The van der Waals surface area contributed by atoms with Crippen LogP contribution in [0.4, 0.5) is 5.69 Å². The predicted octanol–water partition coefficient (Wildman–Crippen LogP) is 1.42. The molecule has 1 aromatic carbocycles. The van der Waals surface area contributed by atoms with Crippen LogP contribution in [0.1, 0.15) is 11.6 Å². The van der Waals surface area contributed by atoms with Gasteiger partial charge < -0.3 is 16.2 Å². The van der Waals surface area contributed by atoms with Crippen LogP contribution >= 0.6 is 15.9 Å². The van der Waals surface area contributed by atoms with Crippen LogP contribution in [-0.4, -0.2) is 6.61 Å². The average Bonchev–Trinajstić information content (AvgIpc) is 2.42. The fourth-order valence-corrected chi connectivity index (χ4v) is 1.96. The second-order valence-electron chi connectivity index (χ2n) is 2.80. The minimum Gasteiger partial charge on any atom is -0.489 e. The molecule has 0 spiro atoms. The van der Waals surface area contributed by atoms with Crippen molar-refractivity contribution in [3.05, 3.63) is 22.2 Å². The van der Waals surface area contributed by atoms with E-state index >= 15 is 0 Å². The third-order valence-electron chi connectivity index (χ3n) is 1.95. The van der Waals surface area contributed by atoms with Crippen molar-refractivity contribution in [1.29, 1.82) is 0 Å². The Labute approximate surface area is 78.8 Å². The molecule has 0 saturated carbocycles. The largest absolute Gasteiger partial charge is 0.489 e. The molecule has 4 heteroatoms. The van der Waals surface area contributed by atoms with Crippen molar-refractivity contribution in [3.63, 3.8) is 0 Å². The van der Waals surface area contributed by atoms with Gasteiger partial charge in [0.2, 0.25) is 0 Å². The van der Waals surface area contributed by atoms with E-state index in [9.17, 15) is 0 Å². The van der Waals surface area contributed by atoms with Gasteiger partial charge in [-0.05, 0) is 12.1 Å². The Morgan fingerprint density at radius 1 is 1.50 bits per heavy atom. The van der Waals surface area contributed by atoms with Gasteiger partial charge in [0.15, 0.2) is 0 Å². The lowest BCUT2D eigenvalue weighted by molar-refractivity contribution is 0.334. The molecular formula is C8H9BrN2O. The number of fused-ring (bicyclic) bond motifs is 1. The molecule has 0 radical (unpaired) electrons. The third-order valence-corrected chi connectivity index (χ3v) is 2.64. The maximum atomic E-state index is 5.81. The zero-order chi connectivity index (χ0) is 8.72. The number of hydrogen-bond donors (Lipinski definition) is 2. The van der Waals surface area contributed by atoms with Crippen molar-refractivity contribution in [2.24, 2.45) is 5.73 Å². The monoisotopic (exact) mass is 228 g/mol. The van der Waals surface area contributed by atoms with E-state index in [0.717, 1.165) is 15.8 Å². The van der Waals surface area contributed by atoms with Crippen molar-refractivity contribution in [1.82, 2.24) is 0 Å². The number of nitrogen functional groups attached to an aromatic ring is 1. The molecule has 0 aliphatic carbocycles. The molecule has 2 rings (SSSR count). The van der Waals surface area contributed by atoms with Crippen molar-refractivity contribution >= 4 is 21.6 Å². The molecular weight excluding hydrogens is 220 g/mol. The molecule has 12 heavy (non-hydrogen) atoms. The molecule has 1 aromatic rings. The van der Waals surface area contributed by atoms with E-state index in [2.05, 4.69) is 15.9 Å². The van der Waals surface area contributed by atoms with Gasteiger partial charge in [-0.3, -0.25) is 0 Å². The van der Waals surface area contributed by atoms with Crippen molar-refractivity contribution in [2.45, 2.75) is 6.04 Å². The first-order chi connectivity index (χ1) is 5.70. The lowest BCUT2D eigenvalue weighted by Gasteiger charge is -2.05. The molecule has 3 nitrogen and oxygen atoms in total. The SMILES string of the molecule is Nc1ccc(Br)c2c1OC[C@H]2N. The molecule has 4 N–H and O–H groups in total. The van der Waals surface area contributed by atoms with Crippen LogP contribution in [-0.2, 0) is 0 Å². The third kappa shape index (κ3) is 0.990. The summed E-state index contributed by atoms with van der Waals surface area (Å²) in [4.78, 5) is 0. The summed E-state index contributed by atoms with van der Waals surface area (Å²) in [6.45, 7) is 0.516. The van der Waals surface area contributed by atoms with E-state index in [1.54, 1.807) is 6.07 Å². The van der Waals surface area contributed by atoms with Crippen LogP contribution in [0.5, 0.6) is 5.75 Å². The molecule has 0 fully saturated rings. The molecule has 0 unspecified atom stereocenters. The summed E-state index contributed by atoms with van der Waals surface area (Å²) in [6.07, 6.45) is 0. The van der Waals surface area contributed by atoms with Gasteiger partial charge in [0.1, 0.15) is 12.4 Å². The van der Waals surface area contributed by atoms with E-state index in [4.69, 9.17) is 16.2 Å². The van der Waals surface area contributed by atoms with Crippen LogP contribution < -0.4 is 16.2 Å². The average molecular weight is 229 g/mol. The number of hydrogen-bond acceptors (Lipinski definition) is 3. The molecule has 1 atom stereocenters. The Morgan fingerprint density at radius 3 is 2.92 bits per heavy atom. The predicted molar refractivity (Wildman–Crippen MR) is 51.0 cm³/mol. The Hall–Kier alpha value is -0.740. The molecule has 1 aliphatic heterocycles. The van der Waals surface area contributed by atoms with Gasteiger partial charge in [-0.2, -0.15) is 0 Å². The molecule has 0 saturated heterocycles. The Kier molecular flexibility index (Phi) is 1.73. The van der Waals surface area contributed by atoms with Crippen LogP contribution in [0.25, 0.3) is 0 Å². The highest BCUT2D eigenvalue weighted by atomic mass is 79.9. The van der Waals surface area contributed by atoms with Crippen LogP contribution in [0.2, 0.25) is 0 Å². The number of benzene rings is 1. The molecule has 64 valence electrons. The first kappa shape index (κ1) is 7.89. The summed E-state index contributed by atoms with van der Waals surface area (Å²) >= 11 is 3.41. The first-order valence-electron chi connectivity index (χ1n) is 3.66. The van der Waals surface area contributed by atoms with E-state index in [1.807, 2.05) is 6.07 Å². The minimum absolute atomic E-state index is 0.0575. The van der Waals surface area contributed by atoms with Gasteiger partial charge in [-0.1, -0.05) is 15.9 Å². The maximum Gasteiger partial charge on any atom is 0.148 e. The van der Waals surface area contributed by atoms with E-state index < -0.39 is 0 Å². The quantitative estimate of drug-likeness (QED) is 0.661. The maximum absolute atomic E-state index is 5.81. The highest BCUT2D eigenvalue weighted by molar-refractivity contribution is 9.10. The lowest BCUT2D eigenvalue weighted by Crippen LogP contribution is -2.11. The van der Waals surface area contributed by atoms with E-state index in [0.29, 0.717) is 12.3 Å². The molecule has 0 bridgehead atoms. The summed E-state index contributed by atoms with van der Waals surface area (Å²) in [7, 11) is 0. The summed E-state index contributed by atoms with van der Waals surface area (Å²) in [5.74, 6) is 0.733. The number of rotatable bonds is 0. The lowest BCUT2D eigenvalue weighted by atomic mass is 10.1. The molecule has 1 heterocycles. The first-order valence-corrected chi connectivity index (χ1v) is 4.45. The summed E-state index contributed by atoms with van der Waals surface area (Å²) < 4.78 is 6.31. The van der Waals surface area contributed by atoms with Crippen molar-refractivity contribution in [3.8, 4) is 5.75 Å². The Morgan fingerprint density at radius 2 is 2.25 bits per heavy atom. The van der Waals surface area contributed by atoms with Gasteiger partial charge in [-0.15, -0.1) is 0 Å². The normalized spacial score (nSPS) is 20.3. The van der Waals surface area contributed by atoms with E-state index in [1.165, 1.54) is 0 Å². The zero-order valence-corrected chi connectivity index (χ0v) is 7.97. The van der Waals surface area contributed by atoms with Crippen molar-refractivity contribution in [2.75, 3.05) is 12.3 Å². The van der Waals surface area contributed by atoms with Gasteiger partial charge in [0.25, 0.3) is 0 Å². The smallest absolute Gasteiger partial charge is 0.148 e. The van der Waals surface area contributed by atoms with E-state index in [-0.39, 0.29) is 6.04 Å². The molecule has 1 aliphatic rings. The minimum atomic E-state index is -0.0575. The number of halogens is 1. The molecule has 0 aromatic heterocycles. The van der Waals surface area contributed by atoms with Crippen LogP contribution in [0, 0.1) is 0 Å². The Balaban J connectivity index is 2.64. The number of ether oxygens (including phenoxy) is 1. The highest BCUT2D eigenvalue weighted by Crippen LogP contribution is 2.40. The van der Waals surface area contributed by atoms with Gasteiger partial charge in [-0.25, -0.2) is 0 Å². The fourth-order valence-electron chi connectivity index (χ4n) is 1.36. The Bertz CT molecular complexity index is 327. The summed E-state index contributed by atoms with van der Waals surface area (Å²) in [6, 6.07) is 3.64. The van der Waals surface area contributed by atoms with Crippen molar-refractivity contribution < 1.29 is 4.74 Å². The van der Waals surface area contributed by atoms with Gasteiger partial charge in [0, 0.05) is 10.0 Å². The van der Waals surface area contributed by atoms with Crippen LogP contribution in [0.15, 0.2) is 16.6 Å². The second kappa shape index (κ2) is 2.64. The topological polar surface area (TPSA) is 61.3 Å². The molecule has 0 amide bonds. The second-order valence-corrected chi connectivity index (χ2v) is 3.65. The van der Waals surface area contributed by atoms with Crippen LogP contribution in [0.3, 0.4) is 0 Å². The zero-order valence-electron chi connectivity index (χ0n) is 6.38. The van der Waals surface area contributed by atoms with Gasteiger partial charge in [0.05, 0.1) is 11.7 Å². The van der Waals surface area contributed by atoms with Gasteiger partial charge >= 0.3 is 0 Å². The summed E-state index contributed by atoms with van der Waals surface area (Å²) in [5, 5.41) is 0. The standard InChI is InChI=1S/C8H9BrN2O/c9-4-1-2-5(10)8-7(4)6(11)3-12-8/h1-2,6H,3,10-11H2/t6-/m1/s1.